The van der Waals surface area contributed by atoms with Gasteiger partial charge in [0.15, 0.2) is 0 Å². The predicted octanol–water partition coefficient (Wildman–Crippen LogP) is 5.43. The molecule has 3 amide bonds. The summed E-state index contributed by atoms with van der Waals surface area (Å²) in [5.74, 6) is 0. The Kier molecular flexibility index (Phi) is 7.85. The lowest BCUT2D eigenvalue weighted by Crippen LogP contribution is -2.53. The fourth-order valence-electron chi connectivity index (χ4n) is 6.55. The van der Waals surface area contributed by atoms with E-state index in [0.29, 0.717) is 45.9 Å². The van der Waals surface area contributed by atoms with Gasteiger partial charge in [0.2, 0.25) is 0 Å². The molecule has 230 valence electrons. The van der Waals surface area contributed by atoms with Crippen LogP contribution in [0.5, 0.6) is 0 Å². The molecule has 0 saturated carbocycles. The fourth-order valence-corrected chi connectivity index (χ4v) is 6.55. The highest BCUT2D eigenvalue weighted by atomic mass is 16.6. The number of fused-ring (bicyclic) bond motifs is 2. The van der Waals surface area contributed by atoms with Crippen LogP contribution in [0.3, 0.4) is 0 Å². The molecule has 0 bridgehead atoms. The second kappa shape index (κ2) is 11.5. The summed E-state index contributed by atoms with van der Waals surface area (Å²) in [6, 6.07) is 6.24. The topological polar surface area (TPSA) is 100 Å². The van der Waals surface area contributed by atoms with Crippen LogP contribution in [0.4, 0.5) is 9.59 Å². The molecule has 5 heterocycles. The van der Waals surface area contributed by atoms with Gasteiger partial charge in [-0.3, -0.25) is 4.90 Å². The third kappa shape index (κ3) is 6.08. The number of hydrogen-bond acceptors (Lipinski definition) is 6. The molecule has 10 heteroatoms. The lowest BCUT2D eigenvalue weighted by atomic mass is 9.87. The predicted molar refractivity (Wildman–Crippen MR) is 164 cm³/mol. The van der Waals surface area contributed by atoms with Crippen LogP contribution in [0, 0.1) is 6.92 Å². The van der Waals surface area contributed by atoms with Gasteiger partial charge >= 0.3 is 12.1 Å². The number of morpholine rings is 2. The normalized spacial score (nSPS) is 22.9. The summed E-state index contributed by atoms with van der Waals surface area (Å²) in [6.07, 6.45) is 4.23. The van der Waals surface area contributed by atoms with Crippen molar-refractivity contribution in [1.82, 2.24) is 24.7 Å². The molecule has 0 radical (unpaired) electrons. The minimum Gasteiger partial charge on any atom is -0.444 e. The average Bonchev–Trinajstić information content (AvgIpc) is 3.34. The first-order chi connectivity index (χ1) is 20.5. The lowest BCUT2D eigenvalue weighted by molar-refractivity contribution is -0.0586. The van der Waals surface area contributed by atoms with E-state index < -0.39 is 5.60 Å². The van der Waals surface area contributed by atoms with Crippen LogP contribution >= 0.6 is 0 Å². The summed E-state index contributed by atoms with van der Waals surface area (Å²) >= 11 is 0. The van der Waals surface area contributed by atoms with Crippen LogP contribution in [0.25, 0.3) is 22.2 Å². The number of nitrogens with zero attached hydrogens (tertiary/aromatic N) is 4. The lowest BCUT2D eigenvalue weighted by Gasteiger charge is -2.41. The minimum absolute atomic E-state index is 0.000664. The van der Waals surface area contributed by atoms with Crippen molar-refractivity contribution in [3.8, 4) is 11.1 Å². The number of benzene rings is 1. The molecule has 3 aliphatic rings. The number of ether oxygens (including phenoxy) is 3. The highest BCUT2D eigenvalue weighted by Gasteiger charge is 2.37. The van der Waals surface area contributed by atoms with Crippen molar-refractivity contribution in [2.24, 2.45) is 0 Å². The smallest absolute Gasteiger partial charge is 0.410 e. The quantitative estimate of drug-likeness (QED) is 0.428. The Morgan fingerprint density at radius 3 is 2.56 bits per heavy atom. The first kappa shape index (κ1) is 29.4. The fraction of sp³-hybridized carbons (Fsp3) is 0.545. The van der Waals surface area contributed by atoms with Crippen molar-refractivity contribution in [3.05, 3.63) is 52.8 Å². The molecule has 3 aromatic rings. The van der Waals surface area contributed by atoms with Gasteiger partial charge in [0.25, 0.3) is 0 Å². The van der Waals surface area contributed by atoms with Crippen molar-refractivity contribution in [3.63, 3.8) is 0 Å². The summed E-state index contributed by atoms with van der Waals surface area (Å²) < 4.78 is 17.7. The van der Waals surface area contributed by atoms with E-state index >= 15 is 0 Å². The third-order valence-electron chi connectivity index (χ3n) is 8.52. The molecule has 1 aromatic carbocycles. The molecule has 10 nitrogen and oxygen atoms in total. The maximum atomic E-state index is 13.8. The molecule has 0 spiro atoms. The Morgan fingerprint density at radius 2 is 1.81 bits per heavy atom. The summed E-state index contributed by atoms with van der Waals surface area (Å²) in [7, 11) is 0. The van der Waals surface area contributed by atoms with Gasteiger partial charge in [-0.15, -0.1) is 0 Å². The van der Waals surface area contributed by atoms with Crippen LogP contribution in [0.15, 0.2) is 30.6 Å². The van der Waals surface area contributed by atoms with Crippen molar-refractivity contribution in [1.29, 1.82) is 0 Å². The Balaban J connectivity index is 1.40. The van der Waals surface area contributed by atoms with E-state index in [-0.39, 0.29) is 30.4 Å². The second-order valence-corrected chi connectivity index (χ2v) is 13.2. The summed E-state index contributed by atoms with van der Waals surface area (Å²) in [5.41, 5.74) is 6.67. The van der Waals surface area contributed by atoms with Gasteiger partial charge in [0.05, 0.1) is 31.5 Å². The Hall–Kier alpha value is -3.63. The number of urea groups is 1. The number of aromatic nitrogens is 2. The molecule has 6 rings (SSSR count). The number of pyridine rings is 1. The van der Waals surface area contributed by atoms with E-state index in [1.54, 1.807) is 4.90 Å². The van der Waals surface area contributed by atoms with Crippen LogP contribution in [0.1, 0.15) is 62.9 Å². The van der Waals surface area contributed by atoms with E-state index in [9.17, 15) is 9.59 Å². The summed E-state index contributed by atoms with van der Waals surface area (Å²) in [4.78, 5) is 40.8. The Labute approximate surface area is 253 Å². The van der Waals surface area contributed by atoms with Crippen molar-refractivity contribution in [2.45, 2.75) is 78.4 Å². The first-order valence-electron chi connectivity index (χ1n) is 15.3. The van der Waals surface area contributed by atoms with Crippen LogP contribution in [-0.2, 0) is 27.2 Å². The largest absolute Gasteiger partial charge is 0.444 e. The molecule has 43 heavy (non-hydrogen) atoms. The minimum atomic E-state index is -0.619. The first-order valence-corrected chi connectivity index (χ1v) is 15.3. The van der Waals surface area contributed by atoms with Gasteiger partial charge in [0, 0.05) is 56.1 Å². The van der Waals surface area contributed by atoms with E-state index in [2.05, 4.69) is 35.1 Å². The number of H-pyrrole nitrogens is 1. The van der Waals surface area contributed by atoms with E-state index in [1.165, 1.54) is 5.56 Å². The number of carbonyl (C=O) groups excluding carboxylic acids is 2. The van der Waals surface area contributed by atoms with Crippen LogP contribution in [0.2, 0.25) is 0 Å². The zero-order chi connectivity index (χ0) is 30.5. The molecule has 2 aromatic heterocycles. The standard InChI is InChI=1S/C33H43N5O5/c1-20-14-34-30-26(20)13-25(15-35-30)24-11-23-7-8-36(31(39)37-16-21(2)42-22(3)17-37)18-28(23)27(12-24)29-19-41-10-9-38(29)32(40)43-33(4,5)6/h11-15,21-22,29H,7-10,16-19H2,1-6H3,(H,34,35)/t21-,22+,29?. The second-order valence-electron chi connectivity index (χ2n) is 13.2. The monoisotopic (exact) mass is 589 g/mol. The average molecular weight is 590 g/mol. The number of rotatable bonds is 2. The van der Waals surface area contributed by atoms with Gasteiger partial charge in [-0.25, -0.2) is 14.6 Å². The SMILES string of the molecule is Cc1c[nH]c2ncc(-c3cc4c(c(C5COCCN5C(=O)OC(C)(C)C)c3)CN(C(=O)N3C[C@@H](C)O[C@@H](C)C3)CC4)cc12. The van der Waals surface area contributed by atoms with Crippen molar-refractivity contribution in [2.75, 3.05) is 39.4 Å². The van der Waals surface area contributed by atoms with Gasteiger partial charge in [-0.1, -0.05) is 6.07 Å². The summed E-state index contributed by atoms with van der Waals surface area (Å²) in [5, 5.41) is 1.08. The van der Waals surface area contributed by atoms with Crippen molar-refractivity contribution < 1.29 is 23.8 Å². The van der Waals surface area contributed by atoms with E-state index in [0.717, 1.165) is 45.3 Å². The van der Waals surface area contributed by atoms with Gasteiger partial charge < -0.3 is 29.0 Å². The third-order valence-corrected chi connectivity index (χ3v) is 8.52. The molecule has 1 unspecified atom stereocenters. The maximum absolute atomic E-state index is 13.8. The summed E-state index contributed by atoms with van der Waals surface area (Å²) in [6.45, 7) is 15.2. The molecule has 0 aliphatic carbocycles. The number of hydrogen-bond donors (Lipinski definition) is 1. The Morgan fingerprint density at radius 1 is 1.05 bits per heavy atom. The van der Waals surface area contributed by atoms with E-state index in [1.807, 2.05) is 56.8 Å². The molecule has 2 saturated heterocycles. The van der Waals surface area contributed by atoms with Crippen LogP contribution in [-0.4, -0.2) is 94.0 Å². The number of aromatic amines is 1. The molecule has 3 atom stereocenters. The highest BCUT2D eigenvalue weighted by molar-refractivity contribution is 5.85. The van der Waals surface area contributed by atoms with E-state index in [4.69, 9.17) is 14.2 Å². The number of amides is 3. The Bertz CT molecular complexity index is 1520. The molecular weight excluding hydrogens is 546 g/mol. The number of nitrogens with one attached hydrogen (secondary N) is 1. The molecule has 3 aliphatic heterocycles. The number of carbonyl (C=O) groups is 2. The molecular formula is C33H43N5O5. The van der Waals surface area contributed by atoms with Gasteiger partial charge in [-0.2, -0.15) is 0 Å². The van der Waals surface area contributed by atoms with Crippen LogP contribution < -0.4 is 0 Å². The zero-order valence-electron chi connectivity index (χ0n) is 26.1. The number of aryl methyl sites for hydroxylation is 1. The highest BCUT2D eigenvalue weighted by Crippen LogP contribution is 2.37. The zero-order valence-corrected chi connectivity index (χ0v) is 26.1. The van der Waals surface area contributed by atoms with Gasteiger partial charge in [-0.05, 0) is 87.9 Å². The van der Waals surface area contributed by atoms with Crippen molar-refractivity contribution >= 4 is 23.2 Å². The maximum Gasteiger partial charge on any atom is 0.410 e. The molecule has 1 N–H and O–H groups in total. The molecule has 2 fully saturated rings. The van der Waals surface area contributed by atoms with Gasteiger partial charge in [0.1, 0.15) is 11.2 Å².